The molecule has 1 aromatic heterocycles. The van der Waals surface area contributed by atoms with Crippen LogP contribution in [0.15, 0.2) is 60.8 Å². The number of nitrogens with one attached hydrogen (secondary N) is 1. The Morgan fingerprint density at radius 2 is 1.93 bits per heavy atom. The average molecular weight is 379 g/mol. The van der Waals surface area contributed by atoms with Crippen molar-refractivity contribution >= 4 is 6.09 Å². The molecule has 6 nitrogen and oxygen atoms in total. The molecule has 0 aliphatic heterocycles. The molecule has 0 radical (unpaired) electrons. The van der Waals surface area contributed by atoms with Crippen molar-refractivity contribution in [1.82, 2.24) is 15.1 Å². The highest BCUT2D eigenvalue weighted by molar-refractivity contribution is 5.70. The number of rotatable bonds is 8. The predicted molar refractivity (Wildman–Crippen MR) is 108 cm³/mol. The summed E-state index contributed by atoms with van der Waals surface area (Å²) in [6.07, 6.45) is 3.50. The predicted octanol–water partition coefficient (Wildman–Crippen LogP) is 4.16. The zero-order chi connectivity index (χ0) is 19.8. The van der Waals surface area contributed by atoms with Crippen molar-refractivity contribution in [1.29, 1.82) is 0 Å². The normalized spacial score (nSPS) is 10.5. The van der Waals surface area contributed by atoms with Gasteiger partial charge in [0.2, 0.25) is 0 Å². The molecule has 1 heterocycles. The van der Waals surface area contributed by atoms with Gasteiger partial charge in [0.1, 0.15) is 5.75 Å². The summed E-state index contributed by atoms with van der Waals surface area (Å²) in [5.74, 6) is 1.29. The van der Waals surface area contributed by atoms with E-state index in [0.717, 1.165) is 35.5 Å². The summed E-state index contributed by atoms with van der Waals surface area (Å²) in [6.45, 7) is 2.56. The van der Waals surface area contributed by atoms with Crippen LogP contribution in [0.3, 0.4) is 0 Å². The molecule has 0 saturated carbocycles. The topological polar surface area (TPSA) is 65.4 Å². The van der Waals surface area contributed by atoms with Crippen molar-refractivity contribution in [3.05, 3.63) is 72.1 Å². The molecule has 28 heavy (non-hydrogen) atoms. The minimum atomic E-state index is -0.479. The van der Waals surface area contributed by atoms with E-state index in [9.17, 15) is 4.79 Å². The minimum absolute atomic E-state index is 0.474. The Hall–Kier alpha value is -3.28. The summed E-state index contributed by atoms with van der Waals surface area (Å²) in [7, 11) is 1.64. The van der Waals surface area contributed by atoms with E-state index in [0.29, 0.717) is 18.7 Å². The summed E-state index contributed by atoms with van der Waals surface area (Å²) in [5.41, 5.74) is 2.92. The first-order valence-corrected chi connectivity index (χ1v) is 9.42. The molecule has 0 saturated heterocycles. The van der Waals surface area contributed by atoms with E-state index in [1.54, 1.807) is 13.3 Å². The van der Waals surface area contributed by atoms with Crippen molar-refractivity contribution in [2.45, 2.75) is 26.2 Å². The number of benzene rings is 2. The van der Waals surface area contributed by atoms with Crippen LogP contribution in [0.1, 0.15) is 24.6 Å². The lowest BCUT2D eigenvalue weighted by Gasteiger charge is -2.10. The van der Waals surface area contributed by atoms with Gasteiger partial charge in [0.25, 0.3) is 0 Å². The second-order valence-electron chi connectivity index (χ2n) is 6.37. The van der Waals surface area contributed by atoms with Crippen molar-refractivity contribution < 1.29 is 14.3 Å². The smallest absolute Gasteiger partial charge is 0.412 e. The maximum atomic E-state index is 12.2. The highest BCUT2D eigenvalue weighted by Crippen LogP contribution is 2.23. The minimum Gasteiger partial charge on any atom is -0.497 e. The summed E-state index contributed by atoms with van der Waals surface area (Å²) >= 11 is 0. The molecule has 1 amide bonds. The van der Waals surface area contributed by atoms with Gasteiger partial charge in [0, 0.05) is 6.54 Å². The van der Waals surface area contributed by atoms with Crippen LogP contribution in [-0.4, -0.2) is 29.5 Å². The fourth-order valence-corrected chi connectivity index (χ4v) is 2.97. The van der Waals surface area contributed by atoms with E-state index >= 15 is 0 Å². The third kappa shape index (κ3) is 4.91. The van der Waals surface area contributed by atoms with Gasteiger partial charge in [-0.1, -0.05) is 43.7 Å². The third-order valence-electron chi connectivity index (χ3n) is 4.34. The second kappa shape index (κ2) is 9.60. The Morgan fingerprint density at radius 1 is 1.11 bits per heavy atom. The molecule has 0 bridgehead atoms. The van der Waals surface area contributed by atoms with Crippen molar-refractivity contribution in [2.75, 3.05) is 13.7 Å². The van der Waals surface area contributed by atoms with Crippen LogP contribution < -0.4 is 14.8 Å². The maximum Gasteiger partial charge on any atom is 0.412 e. The monoisotopic (exact) mass is 379 g/mol. The van der Waals surface area contributed by atoms with Crippen LogP contribution >= 0.6 is 0 Å². The van der Waals surface area contributed by atoms with Crippen LogP contribution in [0.4, 0.5) is 4.79 Å². The quantitative estimate of drug-likeness (QED) is 0.638. The fraction of sp³-hybridized carbons (Fsp3) is 0.273. The van der Waals surface area contributed by atoms with Crippen LogP contribution in [0, 0.1) is 0 Å². The van der Waals surface area contributed by atoms with Crippen LogP contribution in [0.2, 0.25) is 0 Å². The highest BCUT2D eigenvalue weighted by Gasteiger charge is 2.15. The lowest BCUT2D eigenvalue weighted by atomic mass is 10.1. The standard InChI is InChI=1S/C22H25N3O3/c1-3-8-20-21(16-24-25(20)18-10-5-4-6-11-18)28-22(26)23-14-13-17-9-7-12-19(15-17)27-2/h4-7,9-12,15-16H,3,8,13-14H2,1-2H3,(H,23,26). The van der Waals surface area contributed by atoms with Gasteiger partial charge in [0.15, 0.2) is 5.75 Å². The number of nitrogens with zero attached hydrogens (tertiary/aromatic N) is 2. The summed E-state index contributed by atoms with van der Waals surface area (Å²) in [5, 5.41) is 7.20. The summed E-state index contributed by atoms with van der Waals surface area (Å²) < 4.78 is 12.6. The molecular formula is C22H25N3O3. The third-order valence-corrected chi connectivity index (χ3v) is 4.34. The van der Waals surface area contributed by atoms with Crippen molar-refractivity contribution in [2.24, 2.45) is 0 Å². The Balaban J connectivity index is 1.61. The molecule has 0 unspecified atom stereocenters. The Kier molecular flexibility index (Phi) is 6.68. The highest BCUT2D eigenvalue weighted by atomic mass is 16.6. The molecule has 146 valence electrons. The zero-order valence-corrected chi connectivity index (χ0v) is 16.2. The molecule has 0 aliphatic rings. The molecule has 0 spiro atoms. The first-order valence-electron chi connectivity index (χ1n) is 9.42. The van der Waals surface area contributed by atoms with Crippen molar-refractivity contribution in [3.63, 3.8) is 0 Å². The number of carbonyl (C=O) groups excluding carboxylic acids is 1. The van der Waals surface area contributed by atoms with E-state index in [4.69, 9.17) is 9.47 Å². The molecular weight excluding hydrogens is 354 g/mol. The van der Waals surface area contributed by atoms with Gasteiger partial charge in [0.05, 0.1) is 24.7 Å². The Morgan fingerprint density at radius 3 is 2.68 bits per heavy atom. The van der Waals surface area contributed by atoms with Crippen LogP contribution in [0.5, 0.6) is 11.5 Å². The van der Waals surface area contributed by atoms with Gasteiger partial charge in [-0.05, 0) is 42.7 Å². The first kappa shape index (κ1) is 19.5. The molecule has 6 heteroatoms. The molecule has 3 rings (SSSR count). The van der Waals surface area contributed by atoms with Gasteiger partial charge in [-0.25, -0.2) is 9.48 Å². The van der Waals surface area contributed by atoms with E-state index in [1.165, 1.54) is 0 Å². The van der Waals surface area contributed by atoms with Gasteiger partial charge < -0.3 is 14.8 Å². The first-order chi connectivity index (χ1) is 13.7. The number of hydrogen-bond acceptors (Lipinski definition) is 4. The van der Waals surface area contributed by atoms with Gasteiger partial charge in [-0.15, -0.1) is 0 Å². The Bertz CT molecular complexity index is 906. The number of para-hydroxylation sites is 1. The molecule has 2 aromatic carbocycles. The van der Waals surface area contributed by atoms with Crippen LogP contribution in [0.25, 0.3) is 5.69 Å². The number of aromatic nitrogens is 2. The lowest BCUT2D eigenvalue weighted by Crippen LogP contribution is -2.29. The van der Waals surface area contributed by atoms with Crippen LogP contribution in [-0.2, 0) is 12.8 Å². The van der Waals surface area contributed by atoms with E-state index in [1.807, 2.05) is 59.3 Å². The average Bonchev–Trinajstić information content (AvgIpc) is 3.11. The maximum absolute atomic E-state index is 12.2. The molecule has 3 aromatic rings. The number of hydrogen-bond donors (Lipinski definition) is 1. The largest absolute Gasteiger partial charge is 0.497 e. The summed E-state index contributed by atoms with van der Waals surface area (Å²) in [4.78, 5) is 12.2. The van der Waals surface area contributed by atoms with Gasteiger partial charge in [-0.3, -0.25) is 0 Å². The zero-order valence-electron chi connectivity index (χ0n) is 16.2. The SMILES string of the molecule is CCCc1c(OC(=O)NCCc2cccc(OC)c2)cnn1-c1ccccc1. The molecule has 0 atom stereocenters. The van der Waals surface area contributed by atoms with Gasteiger partial charge in [-0.2, -0.15) is 5.10 Å². The second-order valence-corrected chi connectivity index (χ2v) is 6.37. The Labute approximate surface area is 165 Å². The van der Waals surface area contributed by atoms with Crippen molar-refractivity contribution in [3.8, 4) is 17.2 Å². The molecule has 1 N–H and O–H groups in total. The molecule has 0 aliphatic carbocycles. The summed E-state index contributed by atoms with van der Waals surface area (Å²) in [6, 6.07) is 17.6. The van der Waals surface area contributed by atoms with E-state index in [-0.39, 0.29) is 0 Å². The number of methoxy groups -OCH3 is 1. The molecule has 0 fully saturated rings. The van der Waals surface area contributed by atoms with Gasteiger partial charge >= 0.3 is 6.09 Å². The fourth-order valence-electron chi connectivity index (χ4n) is 2.97. The number of carbonyl (C=O) groups is 1. The van der Waals surface area contributed by atoms with E-state index in [2.05, 4.69) is 17.3 Å². The number of ether oxygens (including phenoxy) is 2. The van der Waals surface area contributed by atoms with E-state index < -0.39 is 6.09 Å². The lowest BCUT2D eigenvalue weighted by molar-refractivity contribution is 0.200. The number of amides is 1.